The fourth-order valence-corrected chi connectivity index (χ4v) is 7.55. The molecule has 0 bridgehead atoms. The summed E-state index contributed by atoms with van der Waals surface area (Å²) in [6.07, 6.45) is 0. The predicted octanol–water partition coefficient (Wildman–Crippen LogP) is 10.8. The summed E-state index contributed by atoms with van der Waals surface area (Å²) in [4.78, 5) is 6.34. The first-order chi connectivity index (χ1) is 19.3. The molecule has 0 amide bonds. The topological polar surface area (TPSA) is 12.9 Å². The molecule has 0 fully saturated rings. The maximum absolute atomic E-state index is 5.24. The number of fused-ring (bicyclic) bond motifs is 5. The van der Waals surface area contributed by atoms with Gasteiger partial charge in [0.05, 0.1) is 5.69 Å². The van der Waals surface area contributed by atoms with Gasteiger partial charge in [-0.05, 0) is 54.9 Å². The SMILES string of the molecule is c1cc2ccc3ccc(-c4ccc(-c5nc6sc7ccccc7c6c6ccccc56)cc4)c4ccc(c1)c2c34. The highest BCUT2D eigenvalue weighted by Gasteiger charge is 2.16. The van der Waals surface area contributed by atoms with Crippen molar-refractivity contribution in [2.45, 2.75) is 0 Å². The molecular weight excluding hydrogens is 490 g/mol. The van der Waals surface area contributed by atoms with E-state index >= 15 is 0 Å². The average Bonchev–Trinajstić information content (AvgIpc) is 3.38. The van der Waals surface area contributed by atoms with Crippen LogP contribution in [0.25, 0.3) is 85.8 Å². The first kappa shape index (κ1) is 21.2. The van der Waals surface area contributed by atoms with E-state index in [0.717, 1.165) is 16.1 Å². The van der Waals surface area contributed by atoms with Crippen LogP contribution in [0.3, 0.4) is 0 Å². The summed E-state index contributed by atoms with van der Waals surface area (Å²) in [6.45, 7) is 0. The number of pyridine rings is 1. The Morgan fingerprint density at radius 1 is 0.410 bits per heavy atom. The molecule has 2 heterocycles. The largest absolute Gasteiger partial charge is 0.236 e. The van der Waals surface area contributed by atoms with Gasteiger partial charge in [-0.3, -0.25) is 0 Å². The Morgan fingerprint density at radius 2 is 1.05 bits per heavy atom. The number of nitrogens with zero attached hydrogens (tertiary/aromatic N) is 1. The molecule has 9 aromatic rings. The van der Waals surface area contributed by atoms with Crippen LogP contribution in [-0.4, -0.2) is 4.98 Å². The van der Waals surface area contributed by atoms with E-state index in [1.165, 1.54) is 69.7 Å². The van der Waals surface area contributed by atoms with Gasteiger partial charge in [-0.1, -0.05) is 121 Å². The summed E-state index contributed by atoms with van der Waals surface area (Å²) < 4.78 is 1.28. The average molecular weight is 512 g/mol. The second kappa shape index (κ2) is 7.86. The van der Waals surface area contributed by atoms with Crippen molar-refractivity contribution < 1.29 is 0 Å². The third-order valence-corrected chi connectivity index (χ3v) is 9.30. The predicted molar refractivity (Wildman–Crippen MR) is 169 cm³/mol. The molecule has 7 aromatic carbocycles. The molecule has 2 heteroatoms. The first-order valence-corrected chi connectivity index (χ1v) is 14.1. The molecule has 0 aliphatic carbocycles. The Hall–Kier alpha value is -4.79. The van der Waals surface area contributed by atoms with Crippen molar-refractivity contribution in [3.63, 3.8) is 0 Å². The van der Waals surface area contributed by atoms with Crippen molar-refractivity contribution in [1.29, 1.82) is 0 Å². The van der Waals surface area contributed by atoms with Gasteiger partial charge < -0.3 is 0 Å². The molecule has 0 aliphatic rings. The molecule has 0 N–H and O–H groups in total. The standard InChI is InChI=1S/C37H21NS/c1-2-9-30-28(8-1)35-31-10-3-4-11-32(31)39-37(35)38-36(30)26-16-12-22(13-17-26)27-20-18-25-15-14-23-6-5-7-24-19-21-29(27)34(25)33(23)24/h1-21H. The van der Waals surface area contributed by atoms with E-state index in [0.29, 0.717) is 0 Å². The van der Waals surface area contributed by atoms with Crippen molar-refractivity contribution in [3.8, 4) is 22.4 Å². The van der Waals surface area contributed by atoms with Crippen LogP contribution < -0.4 is 0 Å². The van der Waals surface area contributed by atoms with Crippen molar-refractivity contribution >= 4 is 74.7 Å². The third-order valence-electron chi connectivity index (χ3n) is 8.24. The second-order valence-corrected chi connectivity index (χ2v) is 11.4. The van der Waals surface area contributed by atoms with E-state index < -0.39 is 0 Å². The molecule has 0 saturated heterocycles. The highest BCUT2D eigenvalue weighted by Crippen LogP contribution is 2.42. The van der Waals surface area contributed by atoms with Gasteiger partial charge in [-0.15, -0.1) is 11.3 Å². The quantitative estimate of drug-likeness (QED) is 0.210. The van der Waals surface area contributed by atoms with Crippen LogP contribution in [0.5, 0.6) is 0 Å². The van der Waals surface area contributed by atoms with E-state index in [2.05, 4.69) is 127 Å². The zero-order valence-electron chi connectivity index (χ0n) is 21.0. The summed E-state index contributed by atoms with van der Waals surface area (Å²) in [5.41, 5.74) is 4.69. The van der Waals surface area contributed by atoms with E-state index in [9.17, 15) is 0 Å². The van der Waals surface area contributed by atoms with Crippen LogP contribution in [0.4, 0.5) is 0 Å². The number of benzene rings is 7. The molecule has 2 aromatic heterocycles. The molecule has 0 unspecified atom stereocenters. The molecule has 1 nitrogen and oxygen atoms in total. The summed E-state index contributed by atoms with van der Waals surface area (Å²) in [5, 5.41) is 12.9. The second-order valence-electron chi connectivity index (χ2n) is 10.3. The van der Waals surface area contributed by atoms with Crippen molar-refractivity contribution in [3.05, 3.63) is 127 Å². The van der Waals surface area contributed by atoms with E-state index in [1.807, 2.05) is 0 Å². The van der Waals surface area contributed by atoms with Gasteiger partial charge in [0, 0.05) is 26.4 Å². The first-order valence-electron chi connectivity index (χ1n) is 13.3. The van der Waals surface area contributed by atoms with Crippen LogP contribution in [0.15, 0.2) is 127 Å². The van der Waals surface area contributed by atoms with Gasteiger partial charge in [0.1, 0.15) is 4.83 Å². The number of hydrogen-bond donors (Lipinski definition) is 0. The van der Waals surface area contributed by atoms with Gasteiger partial charge in [0.15, 0.2) is 0 Å². The summed E-state index contributed by atoms with van der Waals surface area (Å²) in [6, 6.07) is 46.5. The monoisotopic (exact) mass is 511 g/mol. The molecule has 9 rings (SSSR count). The highest BCUT2D eigenvalue weighted by atomic mass is 32.1. The van der Waals surface area contributed by atoms with Gasteiger partial charge in [0.25, 0.3) is 0 Å². The molecular formula is C37H21NS. The van der Waals surface area contributed by atoms with Crippen molar-refractivity contribution in [1.82, 2.24) is 4.98 Å². The maximum atomic E-state index is 5.24. The van der Waals surface area contributed by atoms with Crippen LogP contribution in [0, 0.1) is 0 Å². The van der Waals surface area contributed by atoms with Crippen molar-refractivity contribution in [2.24, 2.45) is 0 Å². The van der Waals surface area contributed by atoms with E-state index in [4.69, 9.17) is 4.98 Å². The minimum Gasteiger partial charge on any atom is -0.236 e. The minimum atomic E-state index is 1.05. The van der Waals surface area contributed by atoms with Crippen LogP contribution in [0.2, 0.25) is 0 Å². The number of thiophene rings is 1. The maximum Gasteiger partial charge on any atom is 0.125 e. The van der Waals surface area contributed by atoms with Crippen molar-refractivity contribution in [2.75, 3.05) is 0 Å². The van der Waals surface area contributed by atoms with Gasteiger partial charge in [-0.25, -0.2) is 4.98 Å². The molecule has 0 aliphatic heterocycles. The Kier molecular flexibility index (Phi) is 4.27. The molecule has 0 radical (unpaired) electrons. The molecule has 39 heavy (non-hydrogen) atoms. The number of aromatic nitrogens is 1. The number of rotatable bonds is 2. The van der Waals surface area contributed by atoms with Gasteiger partial charge in [0.2, 0.25) is 0 Å². The van der Waals surface area contributed by atoms with Crippen LogP contribution in [0.1, 0.15) is 0 Å². The van der Waals surface area contributed by atoms with Crippen LogP contribution in [-0.2, 0) is 0 Å². The molecule has 0 atom stereocenters. The number of hydrogen-bond acceptors (Lipinski definition) is 2. The third kappa shape index (κ3) is 2.98. The minimum absolute atomic E-state index is 1.05. The Balaban J connectivity index is 1.24. The molecule has 0 saturated carbocycles. The molecule has 180 valence electrons. The Labute approximate surface area is 228 Å². The van der Waals surface area contributed by atoms with Gasteiger partial charge >= 0.3 is 0 Å². The fourth-order valence-electron chi connectivity index (χ4n) is 6.46. The molecule has 0 spiro atoms. The van der Waals surface area contributed by atoms with Gasteiger partial charge in [-0.2, -0.15) is 0 Å². The summed E-state index contributed by atoms with van der Waals surface area (Å²) in [5.74, 6) is 0. The fraction of sp³-hybridized carbons (Fsp3) is 0. The normalized spacial score (nSPS) is 12.1. The Morgan fingerprint density at radius 3 is 1.87 bits per heavy atom. The highest BCUT2D eigenvalue weighted by molar-refractivity contribution is 7.25. The summed E-state index contributed by atoms with van der Waals surface area (Å²) >= 11 is 1.78. The lowest BCUT2D eigenvalue weighted by Crippen LogP contribution is -1.89. The lowest BCUT2D eigenvalue weighted by Gasteiger charge is -2.14. The van der Waals surface area contributed by atoms with E-state index in [1.54, 1.807) is 11.3 Å². The Bertz CT molecular complexity index is 2360. The smallest absolute Gasteiger partial charge is 0.125 e. The zero-order chi connectivity index (χ0) is 25.5. The van der Waals surface area contributed by atoms with Crippen LogP contribution >= 0.6 is 11.3 Å². The lowest BCUT2D eigenvalue weighted by molar-refractivity contribution is 1.45. The summed E-state index contributed by atoms with van der Waals surface area (Å²) in [7, 11) is 0. The zero-order valence-corrected chi connectivity index (χ0v) is 21.8. The van der Waals surface area contributed by atoms with E-state index in [-0.39, 0.29) is 0 Å². The lowest BCUT2D eigenvalue weighted by atomic mass is 9.89.